The summed E-state index contributed by atoms with van der Waals surface area (Å²) in [7, 11) is 0. The molecule has 5 heteroatoms. The van der Waals surface area contributed by atoms with E-state index in [1.165, 1.54) is 18.2 Å². The predicted molar refractivity (Wildman–Crippen MR) is 61.5 cm³/mol. The fourth-order valence-corrected chi connectivity index (χ4v) is 1.39. The second-order valence-corrected chi connectivity index (χ2v) is 4.61. The Morgan fingerprint density at radius 1 is 1.22 bits per heavy atom. The number of hydrogen-bond donors (Lipinski definition) is 0. The molecule has 0 N–H and O–H groups in total. The van der Waals surface area contributed by atoms with Crippen LogP contribution in [-0.2, 0) is 0 Å². The lowest BCUT2D eigenvalue weighted by molar-refractivity contribution is -0.274. The molecule has 0 bridgehead atoms. The fourth-order valence-electron chi connectivity index (χ4n) is 1.39. The lowest BCUT2D eigenvalue weighted by Gasteiger charge is -2.22. The van der Waals surface area contributed by atoms with Crippen molar-refractivity contribution in [3.8, 4) is 5.75 Å². The van der Waals surface area contributed by atoms with Gasteiger partial charge in [0.25, 0.3) is 0 Å². The minimum Gasteiger partial charge on any atom is -0.405 e. The average molecular weight is 260 g/mol. The molecule has 0 aliphatic carbocycles. The van der Waals surface area contributed by atoms with E-state index in [0.717, 1.165) is 6.07 Å². The molecule has 0 aliphatic heterocycles. The highest BCUT2D eigenvalue weighted by Crippen LogP contribution is 2.32. The smallest absolute Gasteiger partial charge is 0.405 e. The molecule has 2 nitrogen and oxygen atoms in total. The Balaban J connectivity index is 3.14. The van der Waals surface area contributed by atoms with Gasteiger partial charge >= 0.3 is 6.36 Å². The first-order valence-electron chi connectivity index (χ1n) is 5.57. The maximum Gasteiger partial charge on any atom is 0.573 e. The van der Waals surface area contributed by atoms with Crippen LogP contribution in [0.2, 0.25) is 0 Å². The van der Waals surface area contributed by atoms with Crippen LogP contribution in [0.25, 0.3) is 0 Å². The zero-order valence-electron chi connectivity index (χ0n) is 10.5. The molecule has 0 heterocycles. The van der Waals surface area contributed by atoms with Crippen LogP contribution >= 0.6 is 0 Å². The Kier molecular flexibility index (Phi) is 4.04. The van der Waals surface area contributed by atoms with Crippen molar-refractivity contribution in [2.45, 2.75) is 33.6 Å². The van der Waals surface area contributed by atoms with Crippen LogP contribution in [0.15, 0.2) is 24.3 Å². The van der Waals surface area contributed by atoms with Crippen LogP contribution in [0.3, 0.4) is 0 Å². The number of alkyl halides is 3. The van der Waals surface area contributed by atoms with Gasteiger partial charge in [-0.1, -0.05) is 32.9 Å². The van der Waals surface area contributed by atoms with Crippen molar-refractivity contribution < 1.29 is 22.7 Å². The van der Waals surface area contributed by atoms with E-state index < -0.39 is 17.5 Å². The van der Waals surface area contributed by atoms with E-state index in [-0.39, 0.29) is 11.3 Å². The predicted octanol–water partition coefficient (Wildman–Crippen LogP) is 4.20. The third-order valence-electron chi connectivity index (χ3n) is 2.86. The minimum absolute atomic E-state index is 0.0401. The second kappa shape index (κ2) is 5.00. The first-order valence-corrected chi connectivity index (χ1v) is 5.57. The third-order valence-corrected chi connectivity index (χ3v) is 2.86. The first-order chi connectivity index (χ1) is 8.17. The number of carbonyl (C=O) groups excluding carboxylic acids is 1. The van der Waals surface area contributed by atoms with Crippen LogP contribution in [0.4, 0.5) is 13.2 Å². The molecule has 0 saturated heterocycles. The molecular formula is C13H15F3O2. The molecule has 1 aromatic carbocycles. The van der Waals surface area contributed by atoms with Gasteiger partial charge in [-0.2, -0.15) is 0 Å². The van der Waals surface area contributed by atoms with Gasteiger partial charge in [-0.15, -0.1) is 13.2 Å². The third kappa shape index (κ3) is 3.48. The van der Waals surface area contributed by atoms with E-state index in [0.29, 0.717) is 6.42 Å². The molecule has 0 atom stereocenters. The number of hydrogen-bond acceptors (Lipinski definition) is 2. The summed E-state index contributed by atoms with van der Waals surface area (Å²) < 4.78 is 40.6. The highest BCUT2D eigenvalue weighted by Gasteiger charge is 2.35. The Hall–Kier alpha value is -1.52. The summed E-state index contributed by atoms with van der Waals surface area (Å²) >= 11 is 0. The summed E-state index contributed by atoms with van der Waals surface area (Å²) in [5.41, 5.74) is -0.757. The van der Waals surface area contributed by atoms with Gasteiger partial charge in [0.2, 0.25) is 0 Å². The van der Waals surface area contributed by atoms with Gasteiger partial charge in [0.15, 0.2) is 5.78 Å². The standard InChI is InChI=1S/C13H15F3O2/c1-4-12(2,3)11(17)9-7-5-6-8-10(9)18-13(14,15)16/h5-8H,4H2,1-3H3. The van der Waals surface area contributed by atoms with Crippen LogP contribution in [0, 0.1) is 5.41 Å². The number of ether oxygens (including phenoxy) is 1. The van der Waals surface area contributed by atoms with Crippen LogP contribution in [0.5, 0.6) is 5.75 Å². The van der Waals surface area contributed by atoms with Crippen molar-refractivity contribution >= 4 is 5.78 Å². The van der Waals surface area contributed by atoms with E-state index in [1.807, 2.05) is 6.92 Å². The average Bonchev–Trinajstić information content (AvgIpc) is 2.26. The number of para-hydroxylation sites is 1. The van der Waals surface area contributed by atoms with E-state index in [9.17, 15) is 18.0 Å². The summed E-state index contributed by atoms with van der Waals surface area (Å²) in [6.45, 7) is 5.20. The lowest BCUT2D eigenvalue weighted by atomic mass is 9.82. The van der Waals surface area contributed by atoms with Crippen molar-refractivity contribution in [1.29, 1.82) is 0 Å². The maximum absolute atomic E-state index is 12.2. The van der Waals surface area contributed by atoms with Crippen molar-refractivity contribution in [3.05, 3.63) is 29.8 Å². The number of carbonyl (C=O) groups is 1. The molecule has 0 radical (unpaired) electrons. The summed E-state index contributed by atoms with van der Waals surface area (Å²) in [6.07, 6.45) is -4.26. The highest BCUT2D eigenvalue weighted by molar-refractivity contribution is 6.02. The number of rotatable bonds is 4. The van der Waals surface area contributed by atoms with E-state index in [1.54, 1.807) is 13.8 Å². The Bertz CT molecular complexity index is 436. The van der Waals surface area contributed by atoms with Gasteiger partial charge in [0.05, 0.1) is 5.56 Å². The zero-order valence-corrected chi connectivity index (χ0v) is 10.5. The van der Waals surface area contributed by atoms with Gasteiger partial charge in [-0.3, -0.25) is 4.79 Å². The molecule has 0 spiro atoms. The molecule has 0 saturated carbocycles. The largest absolute Gasteiger partial charge is 0.573 e. The molecule has 1 rings (SSSR count). The highest BCUT2D eigenvalue weighted by atomic mass is 19.4. The first kappa shape index (κ1) is 14.5. The van der Waals surface area contributed by atoms with Crippen molar-refractivity contribution in [3.63, 3.8) is 0 Å². The summed E-state index contributed by atoms with van der Waals surface area (Å²) in [5, 5.41) is 0. The molecule has 1 aromatic rings. The molecule has 18 heavy (non-hydrogen) atoms. The molecule has 0 aromatic heterocycles. The fraction of sp³-hybridized carbons (Fsp3) is 0.462. The van der Waals surface area contributed by atoms with E-state index in [4.69, 9.17) is 0 Å². The van der Waals surface area contributed by atoms with Gasteiger partial charge in [-0.25, -0.2) is 0 Å². The molecular weight excluding hydrogens is 245 g/mol. The van der Waals surface area contributed by atoms with E-state index in [2.05, 4.69) is 4.74 Å². The molecule has 100 valence electrons. The molecule has 0 fully saturated rings. The Labute approximate surface area is 104 Å². The summed E-state index contributed by atoms with van der Waals surface area (Å²) in [4.78, 5) is 12.2. The number of Topliss-reactive ketones (excluding diaryl/α,β-unsaturated/α-hetero) is 1. The molecule has 0 amide bonds. The SMILES string of the molecule is CCC(C)(C)C(=O)c1ccccc1OC(F)(F)F. The quantitative estimate of drug-likeness (QED) is 0.758. The normalized spacial score (nSPS) is 12.3. The number of halogens is 3. The monoisotopic (exact) mass is 260 g/mol. The minimum atomic E-state index is -4.80. The zero-order chi connectivity index (χ0) is 14.0. The van der Waals surface area contributed by atoms with Crippen molar-refractivity contribution in [2.24, 2.45) is 5.41 Å². The number of ketones is 1. The lowest BCUT2D eigenvalue weighted by Crippen LogP contribution is -2.25. The second-order valence-electron chi connectivity index (χ2n) is 4.61. The number of benzene rings is 1. The van der Waals surface area contributed by atoms with Crippen LogP contribution in [0.1, 0.15) is 37.6 Å². The van der Waals surface area contributed by atoms with Gasteiger partial charge < -0.3 is 4.74 Å². The molecule has 0 unspecified atom stereocenters. The summed E-state index contributed by atoms with van der Waals surface area (Å²) in [5.74, 6) is -0.804. The van der Waals surface area contributed by atoms with Crippen molar-refractivity contribution in [1.82, 2.24) is 0 Å². The summed E-state index contributed by atoms with van der Waals surface area (Å²) in [6, 6.07) is 5.41. The van der Waals surface area contributed by atoms with Crippen LogP contribution in [-0.4, -0.2) is 12.1 Å². The van der Waals surface area contributed by atoms with Gasteiger partial charge in [0, 0.05) is 5.41 Å². The van der Waals surface area contributed by atoms with Gasteiger partial charge in [-0.05, 0) is 18.6 Å². The maximum atomic E-state index is 12.2. The Morgan fingerprint density at radius 3 is 2.28 bits per heavy atom. The van der Waals surface area contributed by atoms with Crippen molar-refractivity contribution in [2.75, 3.05) is 0 Å². The Morgan fingerprint density at radius 2 is 1.78 bits per heavy atom. The molecule has 0 aliphatic rings. The topological polar surface area (TPSA) is 26.3 Å². The van der Waals surface area contributed by atoms with Crippen LogP contribution < -0.4 is 4.74 Å². The van der Waals surface area contributed by atoms with Gasteiger partial charge in [0.1, 0.15) is 5.75 Å². The van der Waals surface area contributed by atoms with E-state index >= 15 is 0 Å².